The maximum Gasteiger partial charge on any atom is 0.252 e. The molecular weight excluding hydrogens is 238 g/mol. The van der Waals surface area contributed by atoms with Crippen molar-refractivity contribution in [3.05, 3.63) is 28.8 Å². The second kappa shape index (κ2) is 4.94. The normalized spacial score (nSPS) is 20.4. The molecule has 1 fully saturated rings. The number of primary amides is 1. The number of hydrogen-bond donors (Lipinski definition) is 2. The van der Waals surface area contributed by atoms with Gasteiger partial charge in [0.1, 0.15) is 0 Å². The zero-order chi connectivity index (χ0) is 12.4. The third-order valence-corrected chi connectivity index (χ3v) is 3.26. The van der Waals surface area contributed by atoms with E-state index in [9.17, 15) is 4.79 Å². The SMILES string of the molecule is CC1CN(c2cccc(Cl)c2C(N)=O)CCN1. The highest BCUT2D eigenvalue weighted by molar-refractivity contribution is 6.34. The molecule has 3 N–H and O–H groups in total. The lowest BCUT2D eigenvalue weighted by Crippen LogP contribution is -2.49. The Balaban J connectivity index is 2.37. The van der Waals surface area contributed by atoms with E-state index in [0.717, 1.165) is 25.3 Å². The van der Waals surface area contributed by atoms with Crippen molar-refractivity contribution in [1.29, 1.82) is 0 Å². The Hall–Kier alpha value is -1.26. The molecule has 0 aromatic heterocycles. The fourth-order valence-electron chi connectivity index (χ4n) is 2.17. The Morgan fingerprint density at radius 2 is 2.35 bits per heavy atom. The largest absolute Gasteiger partial charge is 0.368 e. The smallest absolute Gasteiger partial charge is 0.252 e. The van der Waals surface area contributed by atoms with Crippen molar-refractivity contribution in [1.82, 2.24) is 5.32 Å². The quantitative estimate of drug-likeness (QED) is 0.834. The van der Waals surface area contributed by atoms with E-state index in [0.29, 0.717) is 16.6 Å². The van der Waals surface area contributed by atoms with Crippen molar-refractivity contribution < 1.29 is 4.79 Å². The molecule has 1 aromatic carbocycles. The topological polar surface area (TPSA) is 58.4 Å². The number of nitrogens with zero attached hydrogens (tertiary/aromatic N) is 1. The maximum atomic E-state index is 11.5. The van der Waals surface area contributed by atoms with Gasteiger partial charge in [0.2, 0.25) is 0 Å². The van der Waals surface area contributed by atoms with Crippen LogP contribution in [-0.4, -0.2) is 31.6 Å². The van der Waals surface area contributed by atoms with Crippen LogP contribution in [0.2, 0.25) is 5.02 Å². The number of benzene rings is 1. The molecule has 92 valence electrons. The van der Waals surface area contributed by atoms with E-state index < -0.39 is 5.91 Å². The summed E-state index contributed by atoms with van der Waals surface area (Å²) >= 11 is 6.04. The van der Waals surface area contributed by atoms with Crippen LogP contribution in [0.25, 0.3) is 0 Å². The molecule has 0 saturated carbocycles. The minimum absolute atomic E-state index is 0.392. The number of nitrogens with one attached hydrogen (secondary N) is 1. The van der Waals surface area contributed by atoms with Gasteiger partial charge in [-0.1, -0.05) is 17.7 Å². The van der Waals surface area contributed by atoms with Gasteiger partial charge >= 0.3 is 0 Å². The lowest BCUT2D eigenvalue weighted by Gasteiger charge is -2.34. The fraction of sp³-hybridized carbons (Fsp3) is 0.417. The van der Waals surface area contributed by atoms with Crippen LogP contribution in [0.5, 0.6) is 0 Å². The van der Waals surface area contributed by atoms with Crippen LogP contribution in [0.4, 0.5) is 5.69 Å². The second-order valence-corrected chi connectivity index (χ2v) is 4.71. The molecule has 1 amide bonds. The molecule has 1 heterocycles. The number of anilines is 1. The van der Waals surface area contributed by atoms with Crippen LogP contribution in [-0.2, 0) is 0 Å². The summed E-state index contributed by atoms with van der Waals surface area (Å²) in [6, 6.07) is 5.82. The summed E-state index contributed by atoms with van der Waals surface area (Å²) in [5.41, 5.74) is 6.64. The molecule has 2 rings (SSSR count). The number of carbonyl (C=O) groups is 1. The van der Waals surface area contributed by atoms with Crippen molar-refractivity contribution in [3.8, 4) is 0 Å². The Morgan fingerprint density at radius 1 is 1.59 bits per heavy atom. The van der Waals surface area contributed by atoms with Crippen molar-refractivity contribution in [2.75, 3.05) is 24.5 Å². The average molecular weight is 254 g/mol. The standard InChI is InChI=1S/C12H16ClN3O/c1-8-7-16(6-5-15-8)10-4-2-3-9(13)11(10)12(14)17/h2-4,8,15H,5-7H2,1H3,(H2,14,17). The van der Waals surface area contributed by atoms with Gasteiger partial charge < -0.3 is 16.0 Å². The average Bonchev–Trinajstić information content (AvgIpc) is 2.28. The van der Waals surface area contributed by atoms with Crippen LogP contribution in [0.15, 0.2) is 18.2 Å². The first-order valence-corrected chi connectivity index (χ1v) is 6.04. The summed E-state index contributed by atoms with van der Waals surface area (Å²) in [6.45, 7) is 4.71. The van der Waals surface area contributed by atoms with Gasteiger partial charge in [-0.05, 0) is 19.1 Å². The van der Waals surface area contributed by atoms with Crippen molar-refractivity contribution in [2.24, 2.45) is 5.73 Å². The van der Waals surface area contributed by atoms with Gasteiger partial charge in [-0.3, -0.25) is 4.79 Å². The minimum atomic E-state index is -0.475. The summed E-state index contributed by atoms with van der Waals surface area (Å²) in [5.74, 6) is -0.475. The predicted octanol–water partition coefficient (Wildman–Crippen LogP) is 1.24. The van der Waals surface area contributed by atoms with Crippen LogP contribution in [0.1, 0.15) is 17.3 Å². The van der Waals surface area contributed by atoms with E-state index in [1.165, 1.54) is 0 Å². The Morgan fingerprint density at radius 3 is 3.00 bits per heavy atom. The molecule has 1 aliphatic heterocycles. The van der Waals surface area contributed by atoms with E-state index in [-0.39, 0.29) is 0 Å². The first-order chi connectivity index (χ1) is 8.09. The zero-order valence-corrected chi connectivity index (χ0v) is 10.5. The van der Waals surface area contributed by atoms with Crippen LogP contribution in [0, 0.1) is 0 Å². The molecule has 1 unspecified atom stereocenters. The van der Waals surface area contributed by atoms with E-state index in [1.807, 2.05) is 12.1 Å². The van der Waals surface area contributed by atoms with Crippen molar-refractivity contribution in [2.45, 2.75) is 13.0 Å². The molecule has 0 spiro atoms. The number of carbonyl (C=O) groups excluding carboxylic acids is 1. The Bertz CT molecular complexity index is 436. The lowest BCUT2D eigenvalue weighted by molar-refractivity contribution is 0.100. The molecule has 0 bridgehead atoms. The molecule has 1 atom stereocenters. The fourth-order valence-corrected chi connectivity index (χ4v) is 2.43. The first kappa shape index (κ1) is 12.2. The van der Waals surface area contributed by atoms with E-state index in [2.05, 4.69) is 17.1 Å². The van der Waals surface area contributed by atoms with Gasteiger partial charge in [0, 0.05) is 25.7 Å². The van der Waals surface area contributed by atoms with E-state index in [4.69, 9.17) is 17.3 Å². The summed E-state index contributed by atoms with van der Waals surface area (Å²) in [6.07, 6.45) is 0. The van der Waals surface area contributed by atoms with Gasteiger partial charge in [0.05, 0.1) is 16.3 Å². The predicted molar refractivity (Wildman–Crippen MR) is 69.6 cm³/mol. The van der Waals surface area contributed by atoms with Crippen LogP contribution in [0.3, 0.4) is 0 Å². The van der Waals surface area contributed by atoms with E-state index >= 15 is 0 Å². The van der Waals surface area contributed by atoms with Gasteiger partial charge in [0.25, 0.3) is 5.91 Å². The number of halogens is 1. The molecule has 1 aliphatic rings. The van der Waals surface area contributed by atoms with Gasteiger partial charge in [-0.15, -0.1) is 0 Å². The third-order valence-electron chi connectivity index (χ3n) is 2.95. The number of amides is 1. The van der Waals surface area contributed by atoms with Crippen molar-refractivity contribution >= 4 is 23.2 Å². The minimum Gasteiger partial charge on any atom is -0.368 e. The summed E-state index contributed by atoms with van der Waals surface area (Å²) < 4.78 is 0. The van der Waals surface area contributed by atoms with Gasteiger partial charge in [0.15, 0.2) is 0 Å². The highest BCUT2D eigenvalue weighted by Gasteiger charge is 2.21. The van der Waals surface area contributed by atoms with E-state index in [1.54, 1.807) is 6.07 Å². The number of hydrogen-bond acceptors (Lipinski definition) is 3. The lowest BCUT2D eigenvalue weighted by atomic mass is 10.1. The summed E-state index contributed by atoms with van der Waals surface area (Å²) in [4.78, 5) is 13.6. The molecule has 1 aromatic rings. The monoisotopic (exact) mass is 253 g/mol. The number of nitrogens with two attached hydrogens (primary N) is 1. The number of piperazine rings is 1. The van der Waals surface area contributed by atoms with Crippen molar-refractivity contribution in [3.63, 3.8) is 0 Å². The second-order valence-electron chi connectivity index (χ2n) is 4.30. The molecule has 0 radical (unpaired) electrons. The highest BCUT2D eigenvalue weighted by Crippen LogP contribution is 2.27. The number of rotatable bonds is 2. The zero-order valence-electron chi connectivity index (χ0n) is 9.74. The maximum absolute atomic E-state index is 11.5. The Kier molecular flexibility index (Phi) is 3.54. The molecule has 1 saturated heterocycles. The molecule has 5 heteroatoms. The molecule has 17 heavy (non-hydrogen) atoms. The summed E-state index contributed by atoms with van der Waals surface area (Å²) in [7, 11) is 0. The van der Waals surface area contributed by atoms with Gasteiger partial charge in [-0.25, -0.2) is 0 Å². The third kappa shape index (κ3) is 2.53. The molecule has 4 nitrogen and oxygen atoms in total. The summed E-state index contributed by atoms with van der Waals surface area (Å²) in [5, 5.41) is 3.77. The molecule has 0 aliphatic carbocycles. The molecular formula is C12H16ClN3O. The highest BCUT2D eigenvalue weighted by atomic mass is 35.5. The van der Waals surface area contributed by atoms with Gasteiger partial charge in [-0.2, -0.15) is 0 Å². The Labute approximate surface area is 106 Å². The van der Waals surface area contributed by atoms with Crippen LogP contribution >= 0.6 is 11.6 Å². The first-order valence-electron chi connectivity index (χ1n) is 5.66. The van der Waals surface area contributed by atoms with Crippen LogP contribution < -0.4 is 16.0 Å².